The van der Waals surface area contributed by atoms with Crippen molar-refractivity contribution in [1.29, 1.82) is 0 Å². The van der Waals surface area contributed by atoms with E-state index in [4.69, 9.17) is 23.2 Å². The molecule has 18 heavy (non-hydrogen) atoms. The van der Waals surface area contributed by atoms with Crippen LogP contribution in [0.15, 0.2) is 40.9 Å². The van der Waals surface area contributed by atoms with E-state index in [9.17, 15) is 0 Å². The molecule has 0 amide bonds. The molecule has 0 unspecified atom stereocenters. The van der Waals surface area contributed by atoms with Crippen LogP contribution in [0.3, 0.4) is 0 Å². The molecule has 2 aromatic rings. The fourth-order valence-electron chi connectivity index (χ4n) is 1.67. The minimum atomic E-state index is 0.585. The second-order valence-corrected chi connectivity index (χ2v) is 5.62. The van der Waals surface area contributed by atoms with Crippen molar-refractivity contribution in [3.63, 3.8) is 0 Å². The minimum absolute atomic E-state index is 0.585. The van der Waals surface area contributed by atoms with Crippen LogP contribution in [-0.4, -0.2) is 0 Å². The van der Waals surface area contributed by atoms with Gasteiger partial charge in [-0.05, 0) is 36.2 Å². The first-order valence-corrected chi connectivity index (χ1v) is 7.06. The van der Waals surface area contributed by atoms with Crippen molar-refractivity contribution in [3.05, 3.63) is 62.0 Å². The normalized spacial score (nSPS) is 10.4. The fourth-order valence-corrected chi connectivity index (χ4v) is 2.43. The molecule has 0 saturated heterocycles. The van der Waals surface area contributed by atoms with E-state index in [1.807, 2.05) is 30.3 Å². The van der Waals surface area contributed by atoms with Crippen LogP contribution in [0.5, 0.6) is 0 Å². The lowest BCUT2D eigenvalue weighted by molar-refractivity contribution is 1.14. The SMILES string of the molecule is Cc1c(Br)cccc1NCc1cccc(Cl)c1Cl. The predicted molar refractivity (Wildman–Crippen MR) is 82.7 cm³/mol. The van der Waals surface area contributed by atoms with Gasteiger partial charge < -0.3 is 5.32 Å². The van der Waals surface area contributed by atoms with Crippen LogP contribution < -0.4 is 5.32 Å². The van der Waals surface area contributed by atoms with E-state index in [1.54, 1.807) is 6.07 Å². The van der Waals surface area contributed by atoms with Gasteiger partial charge in [0.25, 0.3) is 0 Å². The standard InChI is InChI=1S/C14H12BrCl2N/c1-9-11(15)5-3-7-13(9)18-8-10-4-2-6-12(16)14(10)17/h2-7,18H,8H2,1H3. The summed E-state index contributed by atoms with van der Waals surface area (Å²) in [4.78, 5) is 0. The molecule has 0 spiro atoms. The molecule has 0 aliphatic heterocycles. The smallest absolute Gasteiger partial charge is 0.0642 e. The molecule has 4 heteroatoms. The largest absolute Gasteiger partial charge is 0.381 e. The van der Waals surface area contributed by atoms with Gasteiger partial charge in [0, 0.05) is 16.7 Å². The molecular formula is C14H12BrCl2N. The van der Waals surface area contributed by atoms with Gasteiger partial charge in [0.15, 0.2) is 0 Å². The highest BCUT2D eigenvalue weighted by molar-refractivity contribution is 9.10. The molecular weight excluding hydrogens is 333 g/mol. The molecule has 1 N–H and O–H groups in total. The zero-order chi connectivity index (χ0) is 13.1. The zero-order valence-corrected chi connectivity index (χ0v) is 12.9. The Hall–Kier alpha value is -0.700. The molecule has 0 heterocycles. The Morgan fingerprint density at radius 3 is 2.61 bits per heavy atom. The Bertz CT molecular complexity index is 518. The predicted octanol–water partition coefficient (Wildman–Crippen LogP) is 5.68. The van der Waals surface area contributed by atoms with Gasteiger partial charge in [-0.15, -0.1) is 0 Å². The fraction of sp³-hybridized carbons (Fsp3) is 0.143. The maximum atomic E-state index is 6.15. The molecule has 1 nitrogen and oxygen atoms in total. The molecule has 2 rings (SSSR count). The molecule has 0 aromatic heterocycles. The Labute approximate surface area is 125 Å². The van der Waals surface area contributed by atoms with Crippen molar-refractivity contribution < 1.29 is 0 Å². The van der Waals surface area contributed by atoms with Gasteiger partial charge in [-0.25, -0.2) is 0 Å². The van der Waals surface area contributed by atoms with Crippen molar-refractivity contribution in [2.45, 2.75) is 13.5 Å². The monoisotopic (exact) mass is 343 g/mol. The van der Waals surface area contributed by atoms with E-state index in [1.165, 1.54) is 5.56 Å². The highest BCUT2D eigenvalue weighted by Gasteiger charge is 2.05. The van der Waals surface area contributed by atoms with Crippen molar-refractivity contribution in [2.75, 3.05) is 5.32 Å². The summed E-state index contributed by atoms with van der Waals surface area (Å²) in [5, 5.41) is 4.56. The van der Waals surface area contributed by atoms with E-state index < -0.39 is 0 Å². The zero-order valence-electron chi connectivity index (χ0n) is 9.81. The Morgan fingerprint density at radius 2 is 1.83 bits per heavy atom. The average Bonchev–Trinajstić information content (AvgIpc) is 2.36. The van der Waals surface area contributed by atoms with Gasteiger partial charge in [-0.3, -0.25) is 0 Å². The number of hydrogen-bond donors (Lipinski definition) is 1. The minimum Gasteiger partial charge on any atom is -0.381 e. The van der Waals surface area contributed by atoms with Gasteiger partial charge >= 0.3 is 0 Å². The van der Waals surface area contributed by atoms with E-state index in [2.05, 4.69) is 28.2 Å². The molecule has 0 bridgehead atoms. The maximum absolute atomic E-state index is 6.15. The molecule has 0 atom stereocenters. The summed E-state index contributed by atoms with van der Waals surface area (Å²) < 4.78 is 1.09. The Kier molecular flexibility index (Phi) is 4.55. The average molecular weight is 345 g/mol. The number of nitrogens with one attached hydrogen (secondary N) is 1. The highest BCUT2D eigenvalue weighted by Crippen LogP contribution is 2.28. The summed E-state index contributed by atoms with van der Waals surface area (Å²) in [6, 6.07) is 11.7. The number of anilines is 1. The summed E-state index contributed by atoms with van der Waals surface area (Å²) >= 11 is 15.6. The third-order valence-electron chi connectivity index (χ3n) is 2.77. The van der Waals surface area contributed by atoms with Crippen molar-refractivity contribution >= 4 is 44.8 Å². The first-order chi connectivity index (χ1) is 8.59. The number of benzene rings is 2. The topological polar surface area (TPSA) is 12.0 Å². The van der Waals surface area contributed by atoms with Gasteiger partial charge in [0.1, 0.15) is 0 Å². The molecule has 0 fully saturated rings. The second-order valence-electron chi connectivity index (χ2n) is 3.98. The van der Waals surface area contributed by atoms with Crippen LogP contribution in [0.4, 0.5) is 5.69 Å². The highest BCUT2D eigenvalue weighted by atomic mass is 79.9. The molecule has 94 valence electrons. The summed E-state index contributed by atoms with van der Waals surface area (Å²) in [6.45, 7) is 2.71. The third-order valence-corrected chi connectivity index (χ3v) is 4.49. The quantitative estimate of drug-likeness (QED) is 0.755. The van der Waals surface area contributed by atoms with Gasteiger partial charge in [0.2, 0.25) is 0 Å². The van der Waals surface area contributed by atoms with Gasteiger partial charge in [-0.2, -0.15) is 0 Å². The van der Waals surface area contributed by atoms with Crippen LogP contribution in [-0.2, 0) is 6.54 Å². The Morgan fingerprint density at radius 1 is 1.11 bits per heavy atom. The lowest BCUT2D eigenvalue weighted by Crippen LogP contribution is -2.02. The maximum Gasteiger partial charge on any atom is 0.0642 e. The van der Waals surface area contributed by atoms with E-state index in [0.29, 0.717) is 16.6 Å². The van der Waals surface area contributed by atoms with E-state index >= 15 is 0 Å². The lowest BCUT2D eigenvalue weighted by Gasteiger charge is -2.12. The van der Waals surface area contributed by atoms with Crippen molar-refractivity contribution in [3.8, 4) is 0 Å². The first-order valence-electron chi connectivity index (χ1n) is 5.51. The number of halogens is 3. The second kappa shape index (κ2) is 5.96. The molecule has 0 aliphatic carbocycles. The summed E-state index contributed by atoms with van der Waals surface area (Å²) in [6.07, 6.45) is 0. The Balaban J connectivity index is 2.17. The number of rotatable bonds is 3. The van der Waals surface area contributed by atoms with Crippen LogP contribution in [0.1, 0.15) is 11.1 Å². The molecule has 2 aromatic carbocycles. The third kappa shape index (κ3) is 3.00. The van der Waals surface area contributed by atoms with Crippen LogP contribution in [0.2, 0.25) is 10.0 Å². The number of hydrogen-bond acceptors (Lipinski definition) is 1. The van der Waals surface area contributed by atoms with Gasteiger partial charge in [0.05, 0.1) is 10.0 Å². The molecule has 0 radical (unpaired) electrons. The van der Waals surface area contributed by atoms with Crippen LogP contribution >= 0.6 is 39.1 Å². The molecule has 0 aliphatic rings. The molecule has 0 saturated carbocycles. The first kappa shape index (κ1) is 13.7. The lowest BCUT2D eigenvalue weighted by atomic mass is 10.2. The van der Waals surface area contributed by atoms with Crippen LogP contribution in [0, 0.1) is 6.92 Å². The van der Waals surface area contributed by atoms with Crippen molar-refractivity contribution in [2.24, 2.45) is 0 Å². The van der Waals surface area contributed by atoms with Crippen molar-refractivity contribution in [1.82, 2.24) is 0 Å². The van der Waals surface area contributed by atoms with Crippen LogP contribution in [0.25, 0.3) is 0 Å². The summed E-state index contributed by atoms with van der Waals surface area (Å²) in [7, 11) is 0. The van der Waals surface area contributed by atoms with E-state index in [-0.39, 0.29) is 0 Å². The van der Waals surface area contributed by atoms with E-state index in [0.717, 1.165) is 15.7 Å². The summed E-state index contributed by atoms with van der Waals surface area (Å²) in [5.41, 5.74) is 3.25. The van der Waals surface area contributed by atoms with Gasteiger partial charge in [-0.1, -0.05) is 57.3 Å². The summed E-state index contributed by atoms with van der Waals surface area (Å²) in [5.74, 6) is 0.